The highest BCUT2D eigenvalue weighted by atomic mass is 35.5. The Morgan fingerprint density at radius 3 is 2.75 bits per heavy atom. The van der Waals surface area contributed by atoms with Crippen LogP contribution in [0.5, 0.6) is 0 Å². The fourth-order valence-electron chi connectivity index (χ4n) is 2.03. The number of hydrogen-bond donors (Lipinski definition) is 1. The number of carbonyl (C=O) groups excluding carboxylic acids is 1. The first-order valence-corrected chi connectivity index (χ1v) is 8.18. The number of urea groups is 1. The summed E-state index contributed by atoms with van der Waals surface area (Å²) < 4.78 is 36.0. The molecule has 0 aromatic heterocycles. The van der Waals surface area contributed by atoms with Gasteiger partial charge in [-0.1, -0.05) is 11.6 Å². The minimum atomic E-state index is -3.06. The lowest BCUT2D eigenvalue weighted by molar-refractivity contribution is 0.209. The second-order valence-corrected chi connectivity index (χ2v) is 7.36. The molecule has 1 unspecified atom stereocenters. The summed E-state index contributed by atoms with van der Waals surface area (Å²) in [6, 6.07) is 3.10. The quantitative estimate of drug-likeness (QED) is 0.907. The molecule has 5 nitrogen and oxygen atoms in total. The Hall–Kier alpha value is -1.34. The molecular formula is C12H14ClFN2O3S. The van der Waals surface area contributed by atoms with E-state index in [1.807, 2.05) is 0 Å². The van der Waals surface area contributed by atoms with E-state index in [2.05, 4.69) is 5.32 Å². The van der Waals surface area contributed by atoms with Crippen LogP contribution in [0.4, 0.5) is 14.9 Å². The molecule has 0 radical (unpaired) electrons. The molecule has 0 saturated carbocycles. The van der Waals surface area contributed by atoms with Gasteiger partial charge in [-0.25, -0.2) is 17.6 Å². The van der Waals surface area contributed by atoms with Gasteiger partial charge >= 0.3 is 6.03 Å². The number of carbonyl (C=O) groups is 1. The highest BCUT2D eigenvalue weighted by molar-refractivity contribution is 7.91. The van der Waals surface area contributed by atoms with Crippen molar-refractivity contribution in [3.05, 3.63) is 29.0 Å². The zero-order chi connectivity index (χ0) is 14.9. The minimum absolute atomic E-state index is 0.0294. The van der Waals surface area contributed by atoms with Crippen molar-refractivity contribution in [2.45, 2.75) is 12.5 Å². The summed E-state index contributed by atoms with van der Waals surface area (Å²) in [4.78, 5) is 13.3. The van der Waals surface area contributed by atoms with Crippen LogP contribution in [0.25, 0.3) is 0 Å². The molecule has 0 aliphatic carbocycles. The van der Waals surface area contributed by atoms with Gasteiger partial charge in [0, 0.05) is 18.8 Å². The van der Waals surface area contributed by atoms with Gasteiger partial charge in [-0.05, 0) is 24.6 Å². The third-order valence-electron chi connectivity index (χ3n) is 3.25. The monoisotopic (exact) mass is 320 g/mol. The number of halogens is 2. The zero-order valence-electron chi connectivity index (χ0n) is 10.8. The maximum atomic E-state index is 13.3. The van der Waals surface area contributed by atoms with E-state index in [0.29, 0.717) is 6.42 Å². The molecule has 1 N–H and O–H groups in total. The normalized spacial score (nSPS) is 20.6. The summed E-state index contributed by atoms with van der Waals surface area (Å²) in [5.41, 5.74) is 0.268. The molecule has 0 bridgehead atoms. The molecule has 1 atom stereocenters. The molecule has 110 valence electrons. The molecule has 1 aromatic carbocycles. The van der Waals surface area contributed by atoms with Crippen molar-refractivity contribution in [3.8, 4) is 0 Å². The van der Waals surface area contributed by atoms with Gasteiger partial charge in [-0.3, -0.25) is 0 Å². The maximum Gasteiger partial charge on any atom is 0.321 e. The first-order valence-electron chi connectivity index (χ1n) is 5.98. The number of hydrogen-bond acceptors (Lipinski definition) is 3. The molecular weight excluding hydrogens is 307 g/mol. The van der Waals surface area contributed by atoms with Crippen LogP contribution in [0.2, 0.25) is 5.02 Å². The highest BCUT2D eigenvalue weighted by Crippen LogP contribution is 2.20. The van der Waals surface area contributed by atoms with Crippen LogP contribution < -0.4 is 5.32 Å². The number of sulfone groups is 1. The first kappa shape index (κ1) is 15.1. The first-order chi connectivity index (χ1) is 9.28. The van der Waals surface area contributed by atoms with Crippen molar-refractivity contribution < 1.29 is 17.6 Å². The highest BCUT2D eigenvalue weighted by Gasteiger charge is 2.32. The molecule has 0 spiro atoms. The third-order valence-corrected chi connectivity index (χ3v) is 5.30. The second kappa shape index (κ2) is 5.57. The van der Waals surface area contributed by atoms with Gasteiger partial charge in [0.1, 0.15) is 5.82 Å². The summed E-state index contributed by atoms with van der Waals surface area (Å²) in [5.74, 6) is -0.577. The van der Waals surface area contributed by atoms with Gasteiger partial charge in [0.2, 0.25) is 0 Å². The predicted octanol–water partition coefficient (Wildman–Crippen LogP) is 2.13. The minimum Gasteiger partial charge on any atom is -0.324 e. The van der Waals surface area contributed by atoms with Crippen LogP contribution >= 0.6 is 11.6 Å². The van der Waals surface area contributed by atoms with E-state index in [-0.39, 0.29) is 28.3 Å². The van der Waals surface area contributed by atoms with Crippen molar-refractivity contribution in [3.63, 3.8) is 0 Å². The van der Waals surface area contributed by atoms with E-state index < -0.39 is 21.7 Å². The van der Waals surface area contributed by atoms with Crippen LogP contribution in [-0.2, 0) is 9.84 Å². The Balaban J connectivity index is 2.02. The summed E-state index contributed by atoms with van der Waals surface area (Å²) >= 11 is 5.55. The number of benzene rings is 1. The van der Waals surface area contributed by atoms with Gasteiger partial charge in [0.15, 0.2) is 9.84 Å². The van der Waals surface area contributed by atoms with Crippen LogP contribution in [0.3, 0.4) is 0 Å². The third kappa shape index (κ3) is 3.40. The lowest BCUT2D eigenvalue weighted by Gasteiger charge is -2.23. The number of amides is 2. The second-order valence-electron chi connectivity index (χ2n) is 4.73. The molecule has 8 heteroatoms. The number of rotatable bonds is 2. The van der Waals surface area contributed by atoms with Crippen molar-refractivity contribution >= 4 is 33.2 Å². The molecule has 1 aromatic rings. The Bertz CT molecular complexity index is 636. The topological polar surface area (TPSA) is 66.5 Å². The van der Waals surface area contributed by atoms with Crippen molar-refractivity contribution in [1.82, 2.24) is 4.90 Å². The Morgan fingerprint density at radius 2 is 2.20 bits per heavy atom. The summed E-state index contributed by atoms with van der Waals surface area (Å²) in [6.07, 6.45) is 0.418. The van der Waals surface area contributed by atoms with E-state index >= 15 is 0 Å². The van der Waals surface area contributed by atoms with Crippen molar-refractivity contribution in [1.29, 1.82) is 0 Å². The van der Waals surface area contributed by atoms with Gasteiger partial charge in [0.25, 0.3) is 0 Å². The SMILES string of the molecule is CN(C(=O)Nc1ccc(Cl)c(F)c1)C1CCS(=O)(=O)C1. The van der Waals surface area contributed by atoms with E-state index in [4.69, 9.17) is 11.6 Å². The molecule has 2 rings (SSSR count). The number of nitrogens with one attached hydrogen (secondary N) is 1. The molecule has 1 aliphatic rings. The molecule has 1 aliphatic heterocycles. The van der Waals surface area contributed by atoms with Crippen molar-refractivity contribution in [2.75, 3.05) is 23.9 Å². The van der Waals surface area contributed by atoms with Crippen LogP contribution in [0.1, 0.15) is 6.42 Å². The maximum absolute atomic E-state index is 13.3. The molecule has 1 saturated heterocycles. The lowest BCUT2D eigenvalue weighted by atomic mass is 10.2. The zero-order valence-corrected chi connectivity index (χ0v) is 12.3. The van der Waals surface area contributed by atoms with E-state index in [9.17, 15) is 17.6 Å². The fraction of sp³-hybridized carbons (Fsp3) is 0.417. The summed E-state index contributed by atoms with van der Waals surface area (Å²) in [7, 11) is -1.54. The van der Waals surface area contributed by atoms with Gasteiger partial charge in [-0.15, -0.1) is 0 Å². The predicted molar refractivity (Wildman–Crippen MR) is 75.3 cm³/mol. The standard InChI is InChI=1S/C12H14ClFN2O3S/c1-16(9-4-5-20(18,19)7-9)12(17)15-8-2-3-10(13)11(14)6-8/h2-3,6,9H,4-5,7H2,1H3,(H,15,17). The van der Waals surface area contributed by atoms with Gasteiger partial charge in [0.05, 0.1) is 16.5 Å². The lowest BCUT2D eigenvalue weighted by Crippen LogP contribution is -2.40. The molecule has 20 heavy (non-hydrogen) atoms. The van der Waals surface area contributed by atoms with Crippen LogP contribution in [0, 0.1) is 5.82 Å². The van der Waals surface area contributed by atoms with Gasteiger partial charge < -0.3 is 10.2 Å². The number of nitrogens with zero attached hydrogens (tertiary/aromatic N) is 1. The van der Waals surface area contributed by atoms with E-state index in [0.717, 1.165) is 6.07 Å². The van der Waals surface area contributed by atoms with E-state index in [1.165, 1.54) is 24.1 Å². The molecule has 1 fully saturated rings. The van der Waals surface area contributed by atoms with Crippen LogP contribution in [-0.4, -0.2) is 43.9 Å². The Kier molecular flexibility index (Phi) is 4.19. The average molecular weight is 321 g/mol. The number of anilines is 1. The largest absolute Gasteiger partial charge is 0.324 e. The average Bonchev–Trinajstić information content (AvgIpc) is 2.73. The van der Waals surface area contributed by atoms with Crippen molar-refractivity contribution in [2.24, 2.45) is 0 Å². The fourth-order valence-corrected chi connectivity index (χ4v) is 3.92. The van der Waals surface area contributed by atoms with Gasteiger partial charge in [-0.2, -0.15) is 0 Å². The molecule has 2 amide bonds. The molecule has 1 heterocycles. The summed E-state index contributed by atoms with van der Waals surface area (Å²) in [5, 5.41) is 2.48. The smallest absolute Gasteiger partial charge is 0.321 e. The Morgan fingerprint density at radius 1 is 1.50 bits per heavy atom. The Labute approximate surface area is 121 Å². The summed E-state index contributed by atoms with van der Waals surface area (Å²) in [6.45, 7) is 0. The van der Waals surface area contributed by atoms with E-state index in [1.54, 1.807) is 0 Å². The van der Waals surface area contributed by atoms with Crippen LogP contribution in [0.15, 0.2) is 18.2 Å².